The van der Waals surface area contributed by atoms with Gasteiger partial charge in [0.25, 0.3) is 0 Å². The van der Waals surface area contributed by atoms with Crippen molar-refractivity contribution in [3.8, 4) is 0 Å². The minimum atomic E-state index is -0.0599. The molecular formula is C13H19N3O2. The Labute approximate surface area is 107 Å². The van der Waals surface area contributed by atoms with Crippen molar-refractivity contribution < 1.29 is 9.53 Å². The predicted octanol–water partition coefficient (Wildman–Crippen LogP) is 1.87. The van der Waals surface area contributed by atoms with E-state index < -0.39 is 0 Å². The molecule has 5 nitrogen and oxygen atoms in total. The minimum absolute atomic E-state index is 0.0599. The summed E-state index contributed by atoms with van der Waals surface area (Å²) >= 11 is 0. The van der Waals surface area contributed by atoms with Crippen LogP contribution in [0.1, 0.15) is 25.7 Å². The van der Waals surface area contributed by atoms with E-state index in [2.05, 4.69) is 15.5 Å². The average molecular weight is 249 g/mol. The molecule has 0 radical (unpaired) electrons. The summed E-state index contributed by atoms with van der Waals surface area (Å²) in [5.74, 6) is 1.46. The lowest BCUT2D eigenvalue weighted by molar-refractivity contribution is -0.146. The molecule has 0 atom stereocenters. The fourth-order valence-electron chi connectivity index (χ4n) is 2.41. The molecular weight excluding hydrogens is 230 g/mol. The largest absolute Gasteiger partial charge is 0.469 e. The summed E-state index contributed by atoms with van der Waals surface area (Å²) < 4.78 is 4.78. The summed E-state index contributed by atoms with van der Waals surface area (Å²) in [6.45, 7) is 0.895. The van der Waals surface area contributed by atoms with Crippen LogP contribution in [-0.2, 0) is 9.53 Å². The Morgan fingerprint density at radius 3 is 2.83 bits per heavy atom. The van der Waals surface area contributed by atoms with Crippen molar-refractivity contribution in [2.45, 2.75) is 25.7 Å². The molecule has 0 aliphatic heterocycles. The van der Waals surface area contributed by atoms with Crippen molar-refractivity contribution in [2.24, 2.45) is 11.8 Å². The van der Waals surface area contributed by atoms with Crippen LogP contribution in [0.25, 0.3) is 0 Å². The molecule has 1 fully saturated rings. The van der Waals surface area contributed by atoms with Crippen molar-refractivity contribution in [1.82, 2.24) is 10.2 Å². The van der Waals surface area contributed by atoms with Crippen LogP contribution < -0.4 is 5.32 Å². The first-order chi connectivity index (χ1) is 8.79. The number of ether oxygens (including phenoxy) is 1. The summed E-state index contributed by atoms with van der Waals surface area (Å²) in [6.07, 6.45) is 5.64. The van der Waals surface area contributed by atoms with Crippen molar-refractivity contribution in [1.29, 1.82) is 0 Å². The highest BCUT2D eigenvalue weighted by Crippen LogP contribution is 2.29. The van der Waals surface area contributed by atoms with E-state index in [-0.39, 0.29) is 11.9 Å². The highest BCUT2D eigenvalue weighted by atomic mass is 16.5. The number of anilines is 1. The second kappa shape index (κ2) is 6.33. The van der Waals surface area contributed by atoms with Crippen LogP contribution in [0, 0.1) is 11.8 Å². The molecule has 1 heterocycles. The van der Waals surface area contributed by atoms with E-state index in [1.165, 1.54) is 7.11 Å². The fourth-order valence-corrected chi connectivity index (χ4v) is 2.41. The third-order valence-corrected chi connectivity index (χ3v) is 3.53. The number of nitrogens with one attached hydrogen (secondary N) is 1. The van der Waals surface area contributed by atoms with E-state index in [1.807, 2.05) is 12.1 Å². The summed E-state index contributed by atoms with van der Waals surface area (Å²) in [5.41, 5.74) is 0. The van der Waals surface area contributed by atoms with Gasteiger partial charge in [0.05, 0.1) is 13.0 Å². The van der Waals surface area contributed by atoms with Crippen LogP contribution >= 0.6 is 0 Å². The van der Waals surface area contributed by atoms with Gasteiger partial charge in [-0.25, -0.2) is 0 Å². The van der Waals surface area contributed by atoms with E-state index in [4.69, 9.17) is 4.74 Å². The molecule has 18 heavy (non-hydrogen) atoms. The van der Waals surface area contributed by atoms with Crippen molar-refractivity contribution >= 4 is 11.8 Å². The molecule has 0 amide bonds. The Balaban J connectivity index is 1.72. The van der Waals surface area contributed by atoms with Crippen LogP contribution in [0.5, 0.6) is 0 Å². The zero-order valence-electron chi connectivity index (χ0n) is 10.6. The van der Waals surface area contributed by atoms with Crippen molar-refractivity contribution in [2.75, 3.05) is 19.0 Å². The van der Waals surface area contributed by atoms with Crippen LogP contribution in [0.2, 0.25) is 0 Å². The molecule has 0 saturated heterocycles. The lowest BCUT2D eigenvalue weighted by atomic mass is 9.82. The summed E-state index contributed by atoms with van der Waals surface area (Å²) in [7, 11) is 1.46. The normalized spacial score (nSPS) is 23.4. The van der Waals surface area contributed by atoms with Gasteiger partial charge >= 0.3 is 5.97 Å². The number of methoxy groups -OCH3 is 1. The monoisotopic (exact) mass is 249 g/mol. The number of rotatable bonds is 4. The van der Waals surface area contributed by atoms with Gasteiger partial charge in [0, 0.05) is 12.7 Å². The molecule has 0 unspecified atom stereocenters. The van der Waals surface area contributed by atoms with E-state index in [0.717, 1.165) is 38.0 Å². The van der Waals surface area contributed by atoms with Gasteiger partial charge in [-0.15, -0.1) is 5.10 Å². The number of aromatic nitrogens is 2. The van der Waals surface area contributed by atoms with Crippen LogP contribution in [0.3, 0.4) is 0 Å². The third-order valence-electron chi connectivity index (χ3n) is 3.53. The smallest absolute Gasteiger partial charge is 0.308 e. The number of hydrogen-bond donors (Lipinski definition) is 1. The van der Waals surface area contributed by atoms with Gasteiger partial charge in [0.1, 0.15) is 5.82 Å². The molecule has 0 bridgehead atoms. The van der Waals surface area contributed by atoms with Gasteiger partial charge in [0.15, 0.2) is 0 Å². The Bertz CT molecular complexity index is 375. The van der Waals surface area contributed by atoms with Gasteiger partial charge < -0.3 is 10.1 Å². The zero-order valence-corrected chi connectivity index (χ0v) is 10.6. The first-order valence-corrected chi connectivity index (χ1v) is 6.39. The summed E-state index contributed by atoms with van der Waals surface area (Å²) in [5, 5.41) is 11.1. The van der Waals surface area contributed by atoms with Gasteiger partial charge in [-0.3, -0.25) is 4.79 Å². The van der Waals surface area contributed by atoms with E-state index >= 15 is 0 Å². The summed E-state index contributed by atoms with van der Waals surface area (Å²) in [4.78, 5) is 11.4. The second-order valence-electron chi connectivity index (χ2n) is 4.73. The molecule has 1 N–H and O–H groups in total. The van der Waals surface area contributed by atoms with Crippen LogP contribution in [0.15, 0.2) is 18.3 Å². The number of nitrogens with zero attached hydrogens (tertiary/aromatic N) is 2. The van der Waals surface area contributed by atoms with E-state index in [1.54, 1.807) is 6.20 Å². The van der Waals surface area contributed by atoms with Gasteiger partial charge in [-0.2, -0.15) is 5.10 Å². The lowest BCUT2D eigenvalue weighted by Gasteiger charge is -2.27. The Morgan fingerprint density at radius 1 is 1.44 bits per heavy atom. The Kier molecular flexibility index (Phi) is 4.50. The van der Waals surface area contributed by atoms with Crippen molar-refractivity contribution in [3.05, 3.63) is 18.3 Å². The van der Waals surface area contributed by atoms with Gasteiger partial charge in [-0.05, 0) is 43.7 Å². The third kappa shape index (κ3) is 3.42. The molecule has 0 aromatic carbocycles. The standard InChI is InChI=1S/C13H19N3O2/c1-18-13(17)11-6-4-10(5-7-11)9-14-12-3-2-8-15-16-12/h2-3,8,10-11H,4-7,9H2,1H3,(H,14,16). The Hall–Kier alpha value is -1.65. The number of esters is 1. The quantitative estimate of drug-likeness (QED) is 0.825. The maximum atomic E-state index is 11.4. The maximum Gasteiger partial charge on any atom is 0.308 e. The topological polar surface area (TPSA) is 64.1 Å². The Morgan fingerprint density at radius 2 is 2.22 bits per heavy atom. The molecule has 1 saturated carbocycles. The highest BCUT2D eigenvalue weighted by molar-refractivity contribution is 5.72. The molecule has 1 aromatic heterocycles. The lowest BCUT2D eigenvalue weighted by Crippen LogP contribution is -2.26. The van der Waals surface area contributed by atoms with E-state index in [0.29, 0.717) is 5.92 Å². The molecule has 1 aromatic rings. The van der Waals surface area contributed by atoms with Crippen molar-refractivity contribution in [3.63, 3.8) is 0 Å². The highest BCUT2D eigenvalue weighted by Gasteiger charge is 2.26. The maximum absolute atomic E-state index is 11.4. The minimum Gasteiger partial charge on any atom is -0.469 e. The van der Waals surface area contributed by atoms with Crippen LogP contribution in [0.4, 0.5) is 5.82 Å². The second-order valence-corrected chi connectivity index (χ2v) is 4.73. The SMILES string of the molecule is COC(=O)C1CCC(CNc2cccnn2)CC1. The molecule has 5 heteroatoms. The number of carbonyl (C=O) groups excluding carboxylic acids is 1. The predicted molar refractivity (Wildman–Crippen MR) is 68.0 cm³/mol. The van der Waals surface area contributed by atoms with Gasteiger partial charge in [-0.1, -0.05) is 0 Å². The van der Waals surface area contributed by atoms with Crippen LogP contribution in [-0.4, -0.2) is 29.8 Å². The number of carbonyl (C=O) groups is 1. The molecule has 2 rings (SSSR count). The summed E-state index contributed by atoms with van der Waals surface area (Å²) in [6, 6.07) is 3.77. The first kappa shape index (κ1) is 12.8. The molecule has 0 spiro atoms. The van der Waals surface area contributed by atoms with Gasteiger partial charge in [0.2, 0.25) is 0 Å². The average Bonchev–Trinajstić information content (AvgIpc) is 2.46. The first-order valence-electron chi connectivity index (χ1n) is 6.39. The zero-order chi connectivity index (χ0) is 12.8. The molecule has 1 aliphatic rings. The molecule has 98 valence electrons. The fraction of sp³-hybridized carbons (Fsp3) is 0.615. The molecule has 1 aliphatic carbocycles. The van der Waals surface area contributed by atoms with E-state index in [9.17, 15) is 4.79 Å². The number of hydrogen-bond acceptors (Lipinski definition) is 5.